The third kappa shape index (κ3) is 6.92. The molecule has 0 heterocycles. The topological polar surface area (TPSA) is 73.8 Å². The minimum Gasteiger partial charge on any atom is -0.355 e. The summed E-state index contributed by atoms with van der Waals surface area (Å²) in [5, 5.41) is 6.14. The van der Waals surface area contributed by atoms with Crippen LogP contribution in [0.2, 0.25) is 0 Å². The van der Waals surface area contributed by atoms with Crippen LogP contribution in [-0.2, 0) is 9.84 Å². The molecule has 26 heavy (non-hydrogen) atoms. The van der Waals surface area contributed by atoms with Crippen molar-refractivity contribution in [2.75, 3.05) is 32.4 Å². The summed E-state index contributed by atoms with van der Waals surface area (Å²) in [5.74, 6) is -0.405. The predicted octanol–water partition coefficient (Wildman–Crippen LogP) is 1.88. The van der Waals surface area contributed by atoms with E-state index in [-0.39, 0.29) is 17.2 Å². The Kier molecular flexibility index (Phi) is 9.01. The highest BCUT2D eigenvalue weighted by Gasteiger charge is 2.18. The van der Waals surface area contributed by atoms with Gasteiger partial charge in [0.1, 0.15) is 10.7 Å². The monoisotopic (exact) mass is 386 g/mol. The highest BCUT2D eigenvalue weighted by molar-refractivity contribution is 7.91. The molecule has 148 valence electrons. The highest BCUT2D eigenvalue weighted by atomic mass is 32.2. The lowest BCUT2D eigenvalue weighted by atomic mass is 10.2. The fourth-order valence-corrected chi connectivity index (χ4v) is 3.99. The fraction of sp³-hybridized carbons (Fsp3) is 0.611. The van der Waals surface area contributed by atoms with E-state index in [1.54, 1.807) is 7.05 Å². The van der Waals surface area contributed by atoms with Gasteiger partial charge in [-0.15, -0.1) is 0 Å². The second-order valence-corrected chi connectivity index (χ2v) is 8.68. The van der Waals surface area contributed by atoms with Gasteiger partial charge in [-0.2, -0.15) is 0 Å². The van der Waals surface area contributed by atoms with Crippen molar-refractivity contribution in [3.05, 3.63) is 30.1 Å². The van der Waals surface area contributed by atoms with Crippen LogP contribution in [0.3, 0.4) is 0 Å². The number of halogens is 1. The summed E-state index contributed by atoms with van der Waals surface area (Å²) >= 11 is 0. The molecular formula is C18H31FN4O2S. The summed E-state index contributed by atoms with van der Waals surface area (Å²) in [6.07, 6.45) is 0. The maximum atomic E-state index is 13.7. The van der Waals surface area contributed by atoms with Crippen LogP contribution in [0.1, 0.15) is 27.7 Å². The van der Waals surface area contributed by atoms with Crippen LogP contribution in [0.25, 0.3) is 0 Å². The van der Waals surface area contributed by atoms with E-state index in [9.17, 15) is 12.8 Å². The lowest BCUT2D eigenvalue weighted by Crippen LogP contribution is -2.46. The molecule has 0 amide bonds. The quantitative estimate of drug-likeness (QED) is 0.501. The molecule has 1 aromatic rings. The lowest BCUT2D eigenvalue weighted by Gasteiger charge is -2.30. The molecule has 0 aliphatic rings. The zero-order chi connectivity index (χ0) is 19.7. The molecule has 2 N–H and O–H groups in total. The van der Waals surface area contributed by atoms with E-state index < -0.39 is 15.7 Å². The van der Waals surface area contributed by atoms with Crippen molar-refractivity contribution in [3.8, 4) is 0 Å². The minimum absolute atomic E-state index is 0.147. The Morgan fingerprint density at radius 1 is 1.12 bits per heavy atom. The van der Waals surface area contributed by atoms with E-state index in [0.29, 0.717) is 24.6 Å². The van der Waals surface area contributed by atoms with Crippen molar-refractivity contribution in [2.24, 2.45) is 4.99 Å². The molecule has 0 aliphatic carbocycles. The molecule has 6 nitrogen and oxygen atoms in total. The zero-order valence-electron chi connectivity index (χ0n) is 16.3. The van der Waals surface area contributed by atoms with Gasteiger partial charge in [0, 0.05) is 38.8 Å². The summed E-state index contributed by atoms with van der Waals surface area (Å²) in [6.45, 7) is 10.3. The van der Waals surface area contributed by atoms with Gasteiger partial charge in [-0.1, -0.05) is 12.1 Å². The maximum Gasteiger partial charge on any atom is 0.191 e. The molecule has 0 radical (unpaired) electrons. The van der Waals surface area contributed by atoms with Gasteiger partial charge < -0.3 is 10.6 Å². The standard InChI is InChI=1S/C18H31FN4O2S/c1-14(2)23(15(3)4)12-10-21-18(20-5)22-11-13-26(24,25)17-9-7-6-8-16(17)19/h6-9,14-15H,10-13H2,1-5H3,(H2,20,21,22). The molecule has 0 saturated heterocycles. The normalized spacial score (nSPS) is 12.9. The van der Waals surface area contributed by atoms with E-state index in [1.807, 2.05) is 0 Å². The summed E-state index contributed by atoms with van der Waals surface area (Å²) in [4.78, 5) is 6.17. The van der Waals surface area contributed by atoms with Crippen LogP contribution < -0.4 is 10.6 Å². The summed E-state index contributed by atoms with van der Waals surface area (Å²) in [6, 6.07) is 6.30. The Labute approximate surface area is 156 Å². The van der Waals surface area contributed by atoms with Crippen molar-refractivity contribution in [2.45, 2.75) is 44.7 Å². The van der Waals surface area contributed by atoms with E-state index in [1.165, 1.54) is 18.2 Å². The third-order valence-corrected chi connectivity index (χ3v) is 5.79. The molecule has 0 aliphatic heterocycles. The summed E-state index contributed by atoms with van der Waals surface area (Å²) in [7, 11) is -2.05. The Morgan fingerprint density at radius 2 is 1.69 bits per heavy atom. The first kappa shape index (κ1) is 22.4. The van der Waals surface area contributed by atoms with Gasteiger partial charge in [0.05, 0.1) is 5.75 Å². The molecule has 0 fully saturated rings. The average Bonchev–Trinajstić information content (AvgIpc) is 2.56. The van der Waals surface area contributed by atoms with Crippen molar-refractivity contribution in [1.29, 1.82) is 0 Å². The lowest BCUT2D eigenvalue weighted by molar-refractivity contribution is 0.178. The fourth-order valence-electron chi connectivity index (χ4n) is 2.75. The molecule has 0 spiro atoms. The van der Waals surface area contributed by atoms with Crippen LogP contribution in [0, 0.1) is 5.82 Å². The summed E-state index contributed by atoms with van der Waals surface area (Å²) in [5.41, 5.74) is 0. The SMILES string of the molecule is CN=C(NCCN(C(C)C)C(C)C)NCCS(=O)(=O)c1ccccc1F. The molecule has 0 aromatic heterocycles. The first-order valence-corrected chi connectivity index (χ1v) is 10.5. The number of rotatable bonds is 9. The average molecular weight is 387 g/mol. The highest BCUT2D eigenvalue weighted by Crippen LogP contribution is 2.14. The smallest absolute Gasteiger partial charge is 0.191 e. The molecule has 1 aromatic carbocycles. The molecule has 0 saturated carbocycles. The Bertz CT molecular complexity index is 682. The largest absolute Gasteiger partial charge is 0.355 e. The van der Waals surface area contributed by atoms with Gasteiger partial charge in [-0.05, 0) is 39.8 Å². The number of aliphatic imine (C=N–C) groups is 1. The Balaban J connectivity index is 2.49. The van der Waals surface area contributed by atoms with Gasteiger partial charge in [-0.25, -0.2) is 12.8 Å². The van der Waals surface area contributed by atoms with Gasteiger partial charge in [0.2, 0.25) is 0 Å². The number of sulfone groups is 1. The zero-order valence-corrected chi connectivity index (χ0v) is 17.1. The molecule has 1 rings (SSSR count). The van der Waals surface area contributed by atoms with Crippen LogP contribution in [0.5, 0.6) is 0 Å². The van der Waals surface area contributed by atoms with Crippen LogP contribution >= 0.6 is 0 Å². The van der Waals surface area contributed by atoms with Crippen molar-refractivity contribution in [3.63, 3.8) is 0 Å². The van der Waals surface area contributed by atoms with Crippen molar-refractivity contribution in [1.82, 2.24) is 15.5 Å². The molecule has 0 atom stereocenters. The van der Waals surface area contributed by atoms with Gasteiger partial charge in [0.15, 0.2) is 15.8 Å². The molecule has 0 bridgehead atoms. The first-order chi connectivity index (χ1) is 12.2. The molecule has 0 unspecified atom stereocenters. The van der Waals surface area contributed by atoms with Crippen molar-refractivity contribution < 1.29 is 12.8 Å². The third-order valence-electron chi connectivity index (χ3n) is 4.05. The van der Waals surface area contributed by atoms with E-state index in [0.717, 1.165) is 12.6 Å². The van der Waals surface area contributed by atoms with Gasteiger partial charge in [-0.3, -0.25) is 9.89 Å². The van der Waals surface area contributed by atoms with Crippen LogP contribution in [0.4, 0.5) is 4.39 Å². The second kappa shape index (κ2) is 10.5. The molecular weight excluding hydrogens is 355 g/mol. The Hall–Kier alpha value is -1.67. The second-order valence-electron chi connectivity index (χ2n) is 6.60. The van der Waals surface area contributed by atoms with Crippen LogP contribution in [-0.4, -0.2) is 63.8 Å². The number of benzene rings is 1. The number of guanidine groups is 1. The maximum absolute atomic E-state index is 13.7. The van der Waals surface area contributed by atoms with E-state index in [4.69, 9.17) is 0 Å². The predicted molar refractivity (Wildman–Crippen MR) is 105 cm³/mol. The number of hydrogen-bond acceptors (Lipinski definition) is 4. The number of nitrogens with one attached hydrogen (secondary N) is 2. The Morgan fingerprint density at radius 3 is 2.23 bits per heavy atom. The van der Waals surface area contributed by atoms with Crippen LogP contribution in [0.15, 0.2) is 34.2 Å². The van der Waals surface area contributed by atoms with Gasteiger partial charge >= 0.3 is 0 Å². The van der Waals surface area contributed by atoms with Gasteiger partial charge in [0.25, 0.3) is 0 Å². The summed E-state index contributed by atoms with van der Waals surface area (Å²) < 4.78 is 38.1. The minimum atomic E-state index is -3.68. The number of hydrogen-bond donors (Lipinski definition) is 2. The van der Waals surface area contributed by atoms with E-state index >= 15 is 0 Å². The van der Waals surface area contributed by atoms with Crippen molar-refractivity contribution >= 4 is 15.8 Å². The first-order valence-electron chi connectivity index (χ1n) is 8.86. The number of nitrogens with zero attached hydrogens (tertiary/aromatic N) is 2. The van der Waals surface area contributed by atoms with E-state index in [2.05, 4.69) is 48.2 Å². The molecule has 8 heteroatoms.